The van der Waals surface area contributed by atoms with Crippen molar-refractivity contribution in [1.82, 2.24) is 0 Å². The topological polar surface area (TPSA) is 20.2 Å². The highest BCUT2D eigenvalue weighted by Crippen LogP contribution is 2.27. The van der Waals surface area contributed by atoms with Crippen molar-refractivity contribution in [2.45, 2.75) is 33.3 Å². The van der Waals surface area contributed by atoms with Crippen LogP contribution in [0.1, 0.15) is 35.3 Å². The lowest BCUT2D eigenvalue weighted by atomic mass is 9.88. The predicted molar refractivity (Wildman–Crippen MR) is 80.2 cm³/mol. The van der Waals surface area contributed by atoms with E-state index in [4.69, 9.17) is 0 Å². The van der Waals surface area contributed by atoms with E-state index >= 15 is 0 Å². The molecule has 0 saturated carbocycles. The fraction of sp³-hybridized carbons (Fsp3) is 0.333. The minimum atomic E-state index is -0.403. The Morgan fingerprint density at radius 2 is 1.47 bits per heavy atom. The Labute approximate surface area is 115 Å². The molecule has 2 aromatic rings. The molecule has 0 aliphatic carbocycles. The third kappa shape index (κ3) is 3.24. The Morgan fingerprint density at radius 1 is 0.895 bits per heavy atom. The van der Waals surface area contributed by atoms with E-state index in [9.17, 15) is 5.11 Å². The number of hydrogen-bond acceptors (Lipinski definition) is 1. The van der Waals surface area contributed by atoms with Crippen LogP contribution in [0.3, 0.4) is 0 Å². The van der Waals surface area contributed by atoms with Crippen LogP contribution in [0.2, 0.25) is 0 Å². The molecule has 0 aliphatic rings. The van der Waals surface area contributed by atoms with Crippen molar-refractivity contribution in [3.63, 3.8) is 0 Å². The summed E-state index contributed by atoms with van der Waals surface area (Å²) in [6.45, 7) is 6.40. The third-order valence-corrected chi connectivity index (χ3v) is 3.85. The molecule has 0 amide bonds. The SMILES string of the molecule is Cc1cccc(C)c1CC(C)C(O)c1ccccc1. The van der Waals surface area contributed by atoms with Crippen molar-refractivity contribution in [1.29, 1.82) is 0 Å². The molecule has 1 heteroatoms. The van der Waals surface area contributed by atoms with E-state index in [0.29, 0.717) is 0 Å². The molecule has 1 N–H and O–H groups in total. The standard InChI is InChI=1S/C18H22O/c1-13-8-7-9-14(2)17(13)12-15(3)18(19)16-10-5-4-6-11-16/h4-11,15,18-19H,12H2,1-3H3. The molecule has 2 atom stereocenters. The van der Waals surface area contributed by atoms with E-state index in [0.717, 1.165) is 12.0 Å². The number of aliphatic hydroxyl groups excluding tert-OH is 1. The van der Waals surface area contributed by atoms with Gasteiger partial charge >= 0.3 is 0 Å². The number of benzene rings is 2. The average Bonchev–Trinajstić information content (AvgIpc) is 2.43. The van der Waals surface area contributed by atoms with Gasteiger partial charge in [-0.1, -0.05) is 55.5 Å². The first kappa shape index (κ1) is 13.8. The molecule has 0 aliphatic heterocycles. The zero-order chi connectivity index (χ0) is 13.8. The highest BCUT2D eigenvalue weighted by molar-refractivity contribution is 5.34. The number of aryl methyl sites for hydroxylation is 2. The normalized spacial score (nSPS) is 14.1. The maximum atomic E-state index is 10.4. The van der Waals surface area contributed by atoms with Crippen molar-refractivity contribution in [2.75, 3.05) is 0 Å². The van der Waals surface area contributed by atoms with Gasteiger partial charge in [-0.25, -0.2) is 0 Å². The van der Waals surface area contributed by atoms with E-state index in [2.05, 4.69) is 39.0 Å². The van der Waals surface area contributed by atoms with Gasteiger partial charge in [0.15, 0.2) is 0 Å². The molecule has 19 heavy (non-hydrogen) atoms. The number of hydrogen-bond donors (Lipinski definition) is 1. The lowest BCUT2D eigenvalue weighted by molar-refractivity contribution is 0.117. The second-order valence-corrected chi connectivity index (χ2v) is 5.41. The fourth-order valence-corrected chi connectivity index (χ4v) is 2.58. The van der Waals surface area contributed by atoms with Crippen LogP contribution >= 0.6 is 0 Å². The molecule has 0 aromatic heterocycles. The first-order valence-corrected chi connectivity index (χ1v) is 6.87. The van der Waals surface area contributed by atoms with Crippen molar-refractivity contribution in [2.24, 2.45) is 5.92 Å². The smallest absolute Gasteiger partial charge is 0.0818 e. The molecule has 100 valence electrons. The zero-order valence-corrected chi connectivity index (χ0v) is 11.9. The first-order chi connectivity index (χ1) is 9.09. The van der Waals surface area contributed by atoms with Crippen molar-refractivity contribution in [3.05, 3.63) is 70.8 Å². The van der Waals surface area contributed by atoms with Gasteiger partial charge in [0.1, 0.15) is 0 Å². The second-order valence-electron chi connectivity index (χ2n) is 5.41. The monoisotopic (exact) mass is 254 g/mol. The molecular formula is C18H22O. The largest absolute Gasteiger partial charge is 0.388 e. The summed E-state index contributed by atoms with van der Waals surface area (Å²) in [5.41, 5.74) is 4.99. The molecule has 0 saturated heterocycles. The molecule has 1 nitrogen and oxygen atoms in total. The lowest BCUT2D eigenvalue weighted by Gasteiger charge is -2.21. The second kappa shape index (κ2) is 6.03. The van der Waals surface area contributed by atoms with Gasteiger partial charge in [-0.05, 0) is 48.4 Å². The van der Waals surface area contributed by atoms with Gasteiger partial charge in [-0.3, -0.25) is 0 Å². The third-order valence-electron chi connectivity index (χ3n) is 3.85. The Bertz CT molecular complexity index is 510. The summed E-state index contributed by atoms with van der Waals surface area (Å²) >= 11 is 0. The van der Waals surface area contributed by atoms with Gasteiger partial charge in [-0.15, -0.1) is 0 Å². The minimum absolute atomic E-state index is 0.210. The molecule has 0 heterocycles. The summed E-state index contributed by atoms with van der Waals surface area (Å²) in [6.07, 6.45) is 0.509. The lowest BCUT2D eigenvalue weighted by Crippen LogP contribution is -2.13. The molecule has 0 bridgehead atoms. The van der Waals surface area contributed by atoms with Gasteiger partial charge in [0, 0.05) is 0 Å². The summed E-state index contributed by atoms with van der Waals surface area (Å²) in [7, 11) is 0. The van der Waals surface area contributed by atoms with E-state index in [1.165, 1.54) is 16.7 Å². The molecule has 2 unspecified atom stereocenters. The van der Waals surface area contributed by atoms with E-state index < -0.39 is 6.10 Å². The Hall–Kier alpha value is -1.60. The number of aliphatic hydroxyl groups is 1. The molecule has 0 radical (unpaired) electrons. The van der Waals surface area contributed by atoms with Gasteiger partial charge in [0.05, 0.1) is 6.10 Å². The maximum absolute atomic E-state index is 10.4. The van der Waals surface area contributed by atoms with E-state index in [-0.39, 0.29) is 5.92 Å². The van der Waals surface area contributed by atoms with Crippen molar-refractivity contribution in [3.8, 4) is 0 Å². The van der Waals surface area contributed by atoms with Gasteiger partial charge in [0.25, 0.3) is 0 Å². The molecule has 0 spiro atoms. The van der Waals surface area contributed by atoms with Crippen LogP contribution in [-0.2, 0) is 6.42 Å². The highest BCUT2D eigenvalue weighted by atomic mass is 16.3. The number of rotatable bonds is 4. The van der Waals surface area contributed by atoms with E-state index in [1.54, 1.807) is 0 Å². The summed E-state index contributed by atoms with van der Waals surface area (Å²) in [6, 6.07) is 16.3. The highest BCUT2D eigenvalue weighted by Gasteiger charge is 2.18. The molecule has 2 aromatic carbocycles. The van der Waals surface area contributed by atoms with Gasteiger partial charge in [0.2, 0.25) is 0 Å². The van der Waals surface area contributed by atoms with Gasteiger partial charge < -0.3 is 5.11 Å². The van der Waals surface area contributed by atoms with Gasteiger partial charge in [-0.2, -0.15) is 0 Å². The quantitative estimate of drug-likeness (QED) is 0.866. The average molecular weight is 254 g/mol. The summed E-state index contributed by atoms with van der Waals surface area (Å²) in [5, 5.41) is 10.4. The summed E-state index contributed by atoms with van der Waals surface area (Å²) in [4.78, 5) is 0. The predicted octanol–water partition coefficient (Wildman–Crippen LogP) is 4.22. The fourth-order valence-electron chi connectivity index (χ4n) is 2.58. The van der Waals surface area contributed by atoms with Crippen LogP contribution in [0.5, 0.6) is 0 Å². The minimum Gasteiger partial charge on any atom is -0.388 e. The summed E-state index contributed by atoms with van der Waals surface area (Å²) in [5.74, 6) is 0.210. The molecule has 2 rings (SSSR count). The van der Waals surface area contributed by atoms with Crippen LogP contribution < -0.4 is 0 Å². The van der Waals surface area contributed by atoms with Crippen molar-refractivity contribution >= 4 is 0 Å². The Kier molecular flexibility index (Phi) is 4.39. The van der Waals surface area contributed by atoms with Crippen LogP contribution in [0.25, 0.3) is 0 Å². The van der Waals surface area contributed by atoms with Crippen LogP contribution in [0.4, 0.5) is 0 Å². The summed E-state index contributed by atoms with van der Waals surface area (Å²) < 4.78 is 0. The molecular weight excluding hydrogens is 232 g/mol. The van der Waals surface area contributed by atoms with Crippen molar-refractivity contribution < 1.29 is 5.11 Å². The van der Waals surface area contributed by atoms with E-state index in [1.807, 2.05) is 30.3 Å². The Morgan fingerprint density at radius 3 is 2.05 bits per heavy atom. The zero-order valence-electron chi connectivity index (χ0n) is 11.9. The van der Waals surface area contributed by atoms with Crippen LogP contribution in [0.15, 0.2) is 48.5 Å². The van der Waals surface area contributed by atoms with Crippen LogP contribution in [-0.4, -0.2) is 5.11 Å². The maximum Gasteiger partial charge on any atom is 0.0818 e. The molecule has 0 fully saturated rings. The first-order valence-electron chi connectivity index (χ1n) is 6.87. The Balaban J connectivity index is 2.15. The van der Waals surface area contributed by atoms with Crippen LogP contribution in [0, 0.1) is 19.8 Å².